The van der Waals surface area contributed by atoms with E-state index in [4.69, 9.17) is 12.2 Å². The summed E-state index contributed by atoms with van der Waals surface area (Å²) in [5, 5.41) is 5.35. The Morgan fingerprint density at radius 3 is 2.60 bits per heavy atom. The number of nitrogens with zero attached hydrogens (tertiary/aromatic N) is 3. The Labute approximate surface area is 148 Å². The van der Waals surface area contributed by atoms with Gasteiger partial charge in [-0.2, -0.15) is 18.2 Å². The van der Waals surface area contributed by atoms with E-state index in [0.717, 1.165) is 18.1 Å². The van der Waals surface area contributed by atoms with Crippen molar-refractivity contribution >= 4 is 29.1 Å². The summed E-state index contributed by atoms with van der Waals surface area (Å²) in [6.45, 7) is 1.08. The molecule has 1 aromatic carbocycles. The summed E-state index contributed by atoms with van der Waals surface area (Å²) in [7, 11) is 1.56. The standard InChI is InChI=1S/C16H16F3N5S/c1-20-15(25)23-14-21-12(16(17,18)19)8-13(22-14)24-7-6-10-4-2-3-5-11(10)9-24/h2-5,8H,6-7,9H2,1H3,(H2,20,21,22,23,25). The number of halogens is 3. The molecule has 0 bridgehead atoms. The molecule has 3 rings (SSSR count). The second kappa shape index (κ2) is 6.83. The summed E-state index contributed by atoms with van der Waals surface area (Å²) in [6.07, 6.45) is -3.82. The van der Waals surface area contributed by atoms with Crippen LogP contribution in [-0.2, 0) is 19.1 Å². The molecule has 25 heavy (non-hydrogen) atoms. The largest absolute Gasteiger partial charge is 0.433 e. The number of hydrogen-bond donors (Lipinski definition) is 2. The second-order valence-electron chi connectivity index (χ2n) is 5.58. The van der Waals surface area contributed by atoms with Gasteiger partial charge in [-0.05, 0) is 29.8 Å². The minimum absolute atomic E-state index is 0.147. The first-order valence-corrected chi connectivity index (χ1v) is 8.04. The van der Waals surface area contributed by atoms with Crippen molar-refractivity contribution in [3.8, 4) is 0 Å². The van der Waals surface area contributed by atoms with Crippen LogP contribution in [0.25, 0.3) is 0 Å². The van der Waals surface area contributed by atoms with Gasteiger partial charge >= 0.3 is 6.18 Å². The van der Waals surface area contributed by atoms with Gasteiger partial charge in [0.2, 0.25) is 5.95 Å². The van der Waals surface area contributed by atoms with Gasteiger partial charge in [0.1, 0.15) is 5.82 Å². The van der Waals surface area contributed by atoms with Crippen molar-refractivity contribution in [2.75, 3.05) is 23.8 Å². The van der Waals surface area contributed by atoms with E-state index in [-0.39, 0.29) is 16.9 Å². The summed E-state index contributed by atoms with van der Waals surface area (Å²) >= 11 is 4.93. The smallest absolute Gasteiger partial charge is 0.365 e. The molecule has 0 aliphatic carbocycles. The van der Waals surface area contributed by atoms with Crippen molar-refractivity contribution in [1.29, 1.82) is 0 Å². The number of anilines is 2. The molecule has 9 heteroatoms. The lowest BCUT2D eigenvalue weighted by molar-refractivity contribution is -0.141. The van der Waals surface area contributed by atoms with Crippen molar-refractivity contribution in [2.24, 2.45) is 0 Å². The highest BCUT2D eigenvalue weighted by Gasteiger charge is 2.34. The maximum absolute atomic E-state index is 13.2. The lowest BCUT2D eigenvalue weighted by atomic mass is 10.00. The summed E-state index contributed by atoms with van der Waals surface area (Å²) in [5.74, 6) is 0.0428. The van der Waals surface area contributed by atoms with E-state index in [0.29, 0.717) is 13.1 Å². The predicted octanol–water partition coefficient (Wildman–Crippen LogP) is 2.97. The van der Waals surface area contributed by atoms with E-state index in [2.05, 4.69) is 20.6 Å². The topological polar surface area (TPSA) is 53.1 Å². The third-order valence-electron chi connectivity index (χ3n) is 3.91. The number of thiocarbonyl (C=S) groups is 1. The molecule has 1 aromatic heterocycles. The van der Waals surface area contributed by atoms with Crippen molar-refractivity contribution in [3.05, 3.63) is 47.2 Å². The van der Waals surface area contributed by atoms with Crippen LogP contribution in [0.5, 0.6) is 0 Å². The molecule has 0 fully saturated rings. The van der Waals surface area contributed by atoms with E-state index in [9.17, 15) is 13.2 Å². The van der Waals surface area contributed by atoms with Gasteiger partial charge in [-0.3, -0.25) is 0 Å². The summed E-state index contributed by atoms with van der Waals surface area (Å²) < 4.78 is 39.6. The molecular weight excluding hydrogens is 351 g/mol. The molecular formula is C16H16F3N5S. The SMILES string of the molecule is CNC(=S)Nc1nc(N2CCc3ccccc3C2)cc(C(F)(F)F)n1. The molecule has 1 aliphatic rings. The van der Waals surface area contributed by atoms with Gasteiger partial charge < -0.3 is 15.5 Å². The van der Waals surface area contributed by atoms with E-state index in [1.807, 2.05) is 29.2 Å². The first-order chi connectivity index (χ1) is 11.9. The first kappa shape index (κ1) is 17.4. The van der Waals surface area contributed by atoms with Gasteiger partial charge in [0.25, 0.3) is 0 Å². The molecule has 2 N–H and O–H groups in total. The number of benzene rings is 1. The van der Waals surface area contributed by atoms with Gasteiger partial charge in [-0.1, -0.05) is 24.3 Å². The highest BCUT2D eigenvalue weighted by molar-refractivity contribution is 7.80. The zero-order valence-electron chi connectivity index (χ0n) is 13.4. The van der Waals surface area contributed by atoms with Crippen molar-refractivity contribution < 1.29 is 13.2 Å². The van der Waals surface area contributed by atoms with Crippen LogP contribution in [0, 0.1) is 0 Å². The van der Waals surface area contributed by atoms with Crippen molar-refractivity contribution in [3.63, 3.8) is 0 Å². The monoisotopic (exact) mass is 367 g/mol. The molecule has 0 saturated heterocycles. The van der Waals surface area contributed by atoms with E-state index < -0.39 is 11.9 Å². The molecule has 0 atom stereocenters. The molecule has 0 saturated carbocycles. The normalized spacial score (nSPS) is 14.0. The molecule has 132 valence electrons. The molecule has 0 radical (unpaired) electrons. The Kier molecular flexibility index (Phi) is 4.76. The number of nitrogens with one attached hydrogen (secondary N) is 2. The quantitative estimate of drug-likeness (QED) is 0.796. The Morgan fingerprint density at radius 2 is 1.92 bits per heavy atom. The zero-order chi connectivity index (χ0) is 18.0. The van der Waals surface area contributed by atoms with Crippen LogP contribution in [0.3, 0.4) is 0 Å². The van der Waals surface area contributed by atoms with Crippen LogP contribution in [0.4, 0.5) is 24.9 Å². The molecule has 1 aliphatic heterocycles. The number of hydrogen-bond acceptors (Lipinski definition) is 4. The Hall–Kier alpha value is -2.42. The van der Waals surface area contributed by atoms with Crippen molar-refractivity contribution in [1.82, 2.24) is 15.3 Å². The highest BCUT2D eigenvalue weighted by atomic mass is 32.1. The number of alkyl halides is 3. The summed E-state index contributed by atoms with van der Waals surface area (Å²) in [4.78, 5) is 9.55. The highest BCUT2D eigenvalue weighted by Crippen LogP contribution is 2.32. The number of fused-ring (bicyclic) bond motifs is 1. The van der Waals surface area contributed by atoms with Gasteiger partial charge in [0, 0.05) is 26.2 Å². The fourth-order valence-electron chi connectivity index (χ4n) is 2.65. The van der Waals surface area contributed by atoms with Gasteiger partial charge in [-0.25, -0.2) is 4.98 Å². The van der Waals surface area contributed by atoms with E-state index in [1.54, 1.807) is 7.05 Å². The average Bonchev–Trinajstić information content (AvgIpc) is 2.60. The Bertz CT molecular complexity index is 794. The Balaban J connectivity index is 1.95. The third-order valence-corrected chi connectivity index (χ3v) is 4.22. The van der Waals surface area contributed by atoms with E-state index in [1.165, 1.54) is 5.56 Å². The van der Waals surface area contributed by atoms with Gasteiger partial charge in [0.05, 0.1) is 0 Å². The van der Waals surface area contributed by atoms with E-state index >= 15 is 0 Å². The number of rotatable bonds is 2. The summed E-state index contributed by atoms with van der Waals surface area (Å²) in [6, 6.07) is 8.86. The molecule has 2 aromatic rings. The Morgan fingerprint density at radius 1 is 1.20 bits per heavy atom. The summed E-state index contributed by atoms with van der Waals surface area (Å²) in [5.41, 5.74) is 1.29. The van der Waals surface area contributed by atoms with Crippen LogP contribution in [-0.4, -0.2) is 28.7 Å². The molecule has 0 spiro atoms. The second-order valence-corrected chi connectivity index (χ2v) is 5.99. The first-order valence-electron chi connectivity index (χ1n) is 7.63. The van der Waals surface area contributed by atoms with Crippen molar-refractivity contribution in [2.45, 2.75) is 19.1 Å². The minimum Gasteiger partial charge on any atom is -0.365 e. The van der Waals surface area contributed by atoms with Crippen LogP contribution < -0.4 is 15.5 Å². The third kappa shape index (κ3) is 3.98. The zero-order valence-corrected chi connectivity index (χ0v) is 14.2. The average molecular weight is 367 g/mol. The molecule has 5 nitrogen and oxygen atoms in total. The van der Waals surface area contributed by atoms with Gasteiger partial charge in [0.15, 0.2) is 10.8 Å². The molecule has 2 heterocycles. The van der Waals surface area contributed by atoms with Crippen LogP contribution in [0.1, 0.15) is 16.8 Å². The van der Waals surface area contributed by atoms with Gasteiger partial charge in [-0.15, -0.1) is 0 Å². The van der Waals surface area contributed by atoms with Crippen LogP contribution >= 0.6 is 12.2 Å². The fourth-order valence-corrected chi connectivity index (χ4v) is 2.74. The maximum atomic E-state index is 13.2. The van der Waals surface area contributed by atoms with Crippen LogP contribution in [0.2, 0.25) is 0 Å². The lowest BCUT2D eigenvalue weighted by Crippen LogP contribution is -2.32. The lowest BCUT2D eigenvalue weighted by Gasteiger charge is -2.30. The van der Waals surface area contributed by atoms with Crippen LogP contribution in [0.15, 0.2) is 30.3 Å². The fraction of sp³-hybridized carbons (Fsp3) is 0.312. The predicted molar refractivity (Wildman–Crippen MR) is 93.5 cm³/mol. The molecule has 0 amide bonds. The minimum atomic E-state index is -4.57. The maximum Gasteiger partial charge on any atom is 0.433 e. The number of aromatic nitrogens is 2. The molecule has 0 unspecified atom stereocenters.